The summed E-state index contributed by atoms with van der Waals surface area (Å²) in [5.41, 5.74) is 2.65. The molecule has 0 amide bonds. The second kappa shape index (κ2) is 6.08. The van der Waals surface area contributed by atoms with Crippen LogP contribution in [0.15, 0.2) is 41.3 Å². The van der Waals surface area contributed by atoms with Gasteiger partial charge in [0, 0.05) is 24.8 Å². The van der Waals surface area contributed by atoms with E-state index in [1.165, 1.54) is 17.6 Å². The third-order valence-electron chi connectivity index (χ3n) is 1.92. The molecular formula is C12H16N2. The van der Waals surface area contributed by atoms with E-state index in [0.29, 0.717) is 0 Å². The summed E-state index contributed by atoms with van der Waals surface area (Å²) < 4.78 is 0. The van der Waals surface area contributed by atoms with Crippen LogP contribution in [0.1, 0.15) is 25.3 Å². The average Bonchev–Trinajstić information content (AvgIpc) is 2.21. The highest BCUT2D eigenvalue weighted by atomic mass is 14.7. The maximum atomic E-state index is 3.97. The largest absolute Gasteiger partial charge is 0.269 e. The lowest BCUT2D eigenvalue weighted by molar-refractivity contribution is 0.994. The number of aryl methyl sites for hydroxylation is 1. The van der Waals surface area contributed by atoms with Crippen LogP contribution in [0.5, 0.6) is 0 Å². The van der Waals surface area contributed by atoms with Gasteiger partial charge in [-0.25, -0.2) is 0 Å². The Labute approximate surface area is 85.4 Å². The molecule has 0 saturated carbocycles. The average molecular weight is 188 g/mol. The molecule has 1 aromatic rings. The Balaban J connectivity index is 0.000000140. The zero-order chi connectivity index (χ0) is 10.2. The van der Waals surface area contributed by atoms with E-state index in [1.54, 1.807) is 12.4 Å². The molecule has 2 nitrogen and oxygen atoms in total. The predicted octanol–water partition coefficient (Wildman–Crippen LogP) is 3.14. The van der Waals surface area contributed by atoms with Crippen molar-refractivity contribution in [2.45, 2.75) is 26.7 Å². The Morgan fingerprint density at radius 3 is 2.14 bits per heavy atom. The Morgan fingerprint density at radius 1 is 1.14 bits per heavy atom. The summed E-state index contributed by atoms with van der Waals surface area (Å²) >= 11 is 0. The first-order valence-corrected chi connectivity index (χ1v) is 4.83. The van der Waals surface area contributed by atoms with Crippen molar-refractivity contribution in [3.8, 4) is 0 Å². The first-order valence-electron chi connectivity index (χ1n) is 4.83. The van der Waals surface area contributed by atoms with Crippen LogP contribution >= 0.6 is 0 Å². The second-order valence-electron chi connectivity index (χ2n) is 3.37. The minimum absolute atomic E-state index is 1.13. The maximum absolute atomic E-state index is 3.97. The van der Waals surface area contributed by atoms with Crippen LogP contribution in [0.2, 0.25) is 0 Å². The first-order chi connectivity index (χ1) is 6.79. The molecule has 1 aliphatic rings. The molecule has 0 atom stereocenters. The number of rotatable bonds is 0. The van der Waals surface area contributed by atoms with E-state index in [0.717, 1.165) is 6.42 Å². The van der Waals surface area contributed by atoms with Crippen molar-refractivity contribution in [2.75, 3.05) is 0 Å². The summed E-state index contributed by atoms with van der Waals surface area (Å²) in [7, 11) is 0. The van der Waals surface area contributed by atoms with Crippen LogP contribution in [0.4, 0.5) is 0 Å². The lowest BCUT2D eigenvalue weighted by Crippen LogP contribution is -1.83. The van der Waals surface area contributed by atoms with Gasteiger partial charge in [-0.3, -0.25) is 9.98 Å². The number of pyridine rings is 1. The fraction of sp³-hybridized carbons (Fsp3) is 0.333. The Hall–Kier alpha value is -1.44. The monoisotopic (exact) mass is 188 g/mol. The highest BCUT2D eigenvalue weighted by Gasteiger charge is 1.89. The topological polar surface area (TPSA) is 25.2 Å². The van der Waals surface area contributed by atoms with Crippen molar-refractivity contribution in [1.82, 2.24) is 4.98 Å². The third-order valence-corrected chi connectivity index (χ3v) is 1.92. The summed E-state index contributed by atoms with van der Waals surface area (Å²) in [6.45, 7) is 4.15. The molecule has 1 aliphatic heterocycles. The molecule has 0 saturated heterocycles. The van der Waals surface area contributed by atoms with Crippen molar-refractivity contribution in [2.24, 2.45) is 4.99 Å². The Kier molecular flexibility index (Phi) is 4.62. The van der Waals surface area contributed by atoms with E-state index in [1.807, 2.05) is 31.5 Å². The van der Waals surface area contributed by atoms with Crippen LogP contribution in [0, 0.1) is 6.92 Å². The molecule has 2 heteroatoms. The number of aromatic nitrogens is 1. The molecular weight excluding hydrogens is 172 g/mol. The Bertz CT molecular complexity index is 312. The summed E-state index contributed by atoms with van der Waals surface area (Å²) in [4.78, 5) is 7.82. The van der Waals surface area contributed by atoms with Crippen LogP contribution in [-0.4, -0.2) is 11.2 Å². The van der Waals surface area contributed by atoms with Crippen molar-refractivity contribution in [3.63, 3.8) is 0 Å². The van der Waals surface area contributed by atoms with E-state index in [2.05, 4.69) is 16.9 Å². The second-order valence-corrected chi connectivity index (χ2v) is 3.37. The standard InChI is InChI=1S/C6H7N.C6H9N/c1-6-2-4-7-5-3-6;1-6-3-2-4-7-5-6/h2-5H,1H3;4-5H,2-3H2,1H3. The van der Waals surface area contributed by atoms with Gasteiger partial charge in [0.2, 0.25) is 0 Å². The molecule has 0 radical (unpaired) electrons. The van der Waals surface area contributed by atoms with Gasteiger partial charge in [-0.1, -0.05) is 5.57 Å². The summed E-state index contributed by atoms with van der Waals surface area (Å²) in [5, 5.41) is 0. The molecule has 0 aromatic carbocycles. The maximum Gasteiger partial charge on any atom is 0.0270 e. The first kappa shape index (κ1) is 10.6. The van der Waals surface area contributed by atoms with Crippen LogP contribution < -0.4 is 0 Å². The number of hydrogen-bond acceptors (Lipinski definition) is 2. The molecule has 14 heavy (non-hydrogen) atoms. The van der Waals surface area contributed by atoms with Gasteiger partial charge >= 0.3 is 0 Å². The molecule has 2 heterocycles. The number of nitrogens with zero attached hydrogens (tertiary/aromatic N) is 2. The SMILES string of the molecule is CC1=CN=CCC1.Cc1ccncc1. The Morgan fingerprint density at radius 2 is 1.86 bits per heavy atom. The van der Waals surface area contributed by atoms with Gasteiger partial charge < -0.3 is 0 Å². The highest BCUT2D eigenvalue weighted by molar-refractivity contribution is 5.59. The van der Waals surface area contributed by atoms with Gasteiger partial charge in [-0.15, -0.1) is 0 Å². The van der Waals surface area contributed by atoms with Crippen molar-refractivity contribution in [1.29, 1.82) is 0 Å². The minimum atomic E-state index is 1.13. The fourth-order valence-electron chi connectivity index (χ4n) is 1.04. The molecule has 74 valence electrons. The molecule has 0 spiro atoms. The molecule has 1 aromatic heterocycles. The van der Waals surface area contributed by atoms with Gasteiger partial charge in [0.05, 0.1) is 0 Å². The molecule has 0 bridgehead atoms. The van der Waals surface area contributed by atoms with Gasteiger partial charge in [0.1, 0.15) is 0 Å². The van der Waals surface area contributed by atoms with Gasteiger partial charge in [-0.2, -0.15) is 0 Å². The highest BCUT2D eigenvalue weighted by Crippen LogP contribution is 2.05. The molecule has 0 aliphatic carbocycles. The summed E-state index contributed by atoms with van der Waals surface area (Å²) in [6.07, 6.45) is 9.77. The third kappa shape index (κ3) is 4.55. The molecule has 0 unspecified atom stereocenters. The number of aliphatic imine (C=N–C) groups is 1. The van der Waals surface area contributed by atoms with Gasteiger partial charge in [0.15, 0.2) is 0 Å². The van der Waals surface area contributed by atoms with Gasteiger partial charge in [0.25, 0.3) is 0 Å². The van der Waals surface area contributed by atoms with Crippen LogP contribution in [-0.2, 0) is 0 Å². The minimum Gasteiger partial charge on any atom is -0.269 e. The normalized spacial score (nSPS) is 14.0. The van der Waals surface area contributed by atoms with Crippen LogP contribution in [0.25, 0.3) is 0 Å². The van der Waals surface area contributed by atoms with Crippen LogP contribution in [0.3, 0.4) is 0 Å². The smallest absolute Gasteiger partial charge is 0.0270 e. The lowest BCUT2D eigenvalue weighted by Gasteiger charge is -1.98. The molecule has 2 rings (SSSR count). The molecule has 0 fully saturated rings. The van der Waals surface area contributed by atoms with E-state index in [9.17, 15) is 0 Å². The van der Waals surface area contributed by atoms with E-state index < -0.39 is 0 Å². The van der Waals surface area contributed by atoms with Gasteiger partial charge in [-0.05, 0) is 44.4 Å². The predicted molar refractivity (Wildman–Crippen MR) is 60.5 cm³/mol. The summed E-state index contributed by atoms with van der Waals surface area (Å²) in [6, 6.07) is 3.94. The summed E-state index contributed by atoms with van der Waals surface area (Å²) in [5.74, 6) is 0. The van der Waals surface area contributed by atoms with E-state index in [-0.39, 0.29) is 0 Å². The van der Waals surface area contributed by atoms with E-state index >= 15 is 0 Å². The zero-order valence-corrected chi connectivity index (χ0v) is 8.77. The van der Waals surface area contributed by atoms with Crippen molar-refractivity contribution < 1.29 is 0 Å². The van der Waals surface area contributed by atoms with E-state index in [4.69, 9.17) is 0 Å². The molecule has 0 N–H and O–H groups in total. The number of allylic oxidation sites excluding steroid dienone is 1. The van der Waals surface area contributed by atoms with Crippen molar-refractivity contribution >= 4 is 6.21 Å². The quantitative estimate of drug-likeness (QED) is 0.614. The lowest BCUT2D eigenvalue weighted by atomic mass is 10.2. The number of hydrogen-bond donors (Lipinski definition) is 0. The fourth-order valence-corrected chi connectivity index (χ4v) is 1.04. The zero-order valence-electron chi connectivity index (χ0n) is 8.77. The van der Waals surface area contributed by atoms with Crippen molar-refractivity contribution in [3.05, 3.63) is 41.9 Å².